The first-order valence-corrected chi connectivity index (χ1v) is 37.3. The summed E-state index contributed by atoms with van der Waals surface area (Å²) in [6.45, 7) is 4.70. The summed E-state index contributed by atoms with van der Waals surface area (Å²) in [5.41, 5.74) is 1.66. The molecule has 1 aromatic heterocycles. The van der Waals surface area contributed by atoms with Crippen LogP contribution in [0.4, 0.5) is 0 Å². The average molecular weight is 1490 g/mol. The zero-order chi connectivity index (χ0) is 75.7. The van der Waals surface area contributed by atoms with E-state index >= 15 is 0 Å². The zero-order valence-corrected chi connectivity index (χ0v) is 60.4. The Kier molecular flexibility index (Phi) is 37.3. The van der Waals surface area contributed by atoms with Gasteiger partial charge in [0.2, 0.25) is 47.3 Å². The number of aliphatic hydroxyl groups is 2. The van der Waals surface area contributed by atoms with Crippen molar-refractivity contribution >= 4 is 96.4 Å². The van der Waals surface area contributed by atoms with Crippen LogP contribution < -0.4 is 69.1 Å². The third kappa shape index (κ3) is 30.6. The van der Waals surface area contributed by atoms with Gasteiger partial charge in [-0.1, -0.05) is 81.3 Å². The van der Waals surface area contributed by atoms with E-state index in [1.807, 2.05) is 0 Å². The minimum Gasteiger partial charge on any atom is -0.394 e. The fourth-order valence-electron chi connectivity index (χ4n) is 11.0. The molecule has 0 unspecified atom stereocenters. The number of nitrogens with zero attached hydrogens (tertiary/aromatic N) is 1. The third-order valence-electron chi connectivity index (χ3n) is 17.0. The van der Waals surface area contributed by atoms with E-state index in [0.717, 1.165) is 6.92 Å². The van der Waals surface area contributed by atoms with E-state index in [1.165, 1.54) is 25.4 Å². The molecule has 102 heavy (non-hydrogen) atoms. The number of halogens is 1. The Morgan fingerprint density at radius 2 is 1.26 bits per heavy atom. The molecule has 1 fully saturated rings. The molecule has 1 aliphatic heterocycles. The number of carbonyl (C=O) groups excluding carboxylic acids is 11. The van der Waals surface area contributed by atoms with Crippen molar-refractivity contribution < 1.29 is 88.9 Å². The number of ketones is 3. The quantitative estimate of drug-likeness (QED) is 0.0167. The Hall–Kier alpha value is -7.81. The number of Topliss-reactive ketones (excluding diaryl/α,β-unsaturated/α-hetero) is 3. The number of amides is 8. The van der Waals surface area contributed by atoms with Crippen LogP contribution in [0.2, 0.25) is 5.02 Å². The normalized spacial score (nSPS) is 21.1. The Bertz CT molecular complexity index is 3540. The number of rotatable bonds is 36. The van der Waals surface area contributed by atoms with Crippen molar-refractivity contribution in [1.82, 2.24) is 74.1 Å². The minimum absolute atomic E-state index is 0.0605. The van der Waals surface area contributed by atoms with Crippen molar-refractivity contribution in [3.8, 4) is 11.3 Å². The first-order valence-electron chi connectivity index (χ1n) is 33.7. The molecule has 566 valence electrons. The van der Waals surface area contributed by atoms with Gasteiger partial charge in [0.1, 0.15) is 48.0 Å². The molecule has 4 rings (SSSR count). The molecule has 0 saturated carbocycles. The smallest absolute Gasteiger partial charge is 0.278 e. The summed E-state index contributed by atoms with van der Waals surface area (Å²) in [6.07, 6.45) is -3.13. The van der Waals surface area contributed by atoms with Crippen LogP contribution in [0.5, 0.6) is 0 Å². The van der Waals surface area contributed by atoms with Gasteiger partial charge in [0.25, 0.3) is 20.2 Å². The minimum atomic E-state index is -4.58. The predicted molar refractivity (Wildman–Crippen MR) is 377 cm³/mol. The summed E-state index contributed by atoms with van der Waals surface area (Å²) in [6, 6.07) is 7.02. The summed E-state index contributed by atoms with van der Waals surface area (Å²) < 4.78 is 65.0. The van der Waals surface area contributed by atoms with Crippen LogP contribution in [0.1, 0.15) is 101 Å². The molecule has 3 aromatic rings. The molecule has 1 aliphatic rings. The molecule has 33 nitrogen and oxygen atoms in total. The van der Waals surface area contributed by atoms with Crippen LogP contribution in [0.3, 0.4) is 0 Å². The SMILES string of the molecule is CCNCC[C@@H]1NC(=O)[C@H]([C@@H](C)CC)CC(=O)[C@@H](Cc2ccccc2)NC(=O)[C@H](CCNC)NC(=O)[C@@H](NC(=O)[C@@H](CNC)CC(=O)[C@H](CO)NC(=O)[C@H](CCNCS(=O)(=O)O)CC(=O)c2ccnc(-c3cccc(Cl)c3)c2)CCNC(=O)[C@H]([C@@H](C)O)NC(=O)[C@H](CCNCS(=O)(=O)O)NC1=O. The predicted octanol–water partition coefficient (Wildman–Crippen LogP) is -2.20. The van der Waals surface area contributed by atoms with Crippen LogP contribution in [-0.4, -0.2) is 232 Å². The van der Waals surface area contributed by atoms with Crippen LogP contribution in [-0.2, 0) is 74.6 Å². The fraction of sp³-hybridized carbons (Fsp3) is 0.576. The summed E-state index contributed by atoms with van der Waals surface area (Å²) in [5.74, 6) is -16.0. The number of hydrogen-bond acceptors (Lipinski definition) is 23. The molecule has 0 bridgehead atoms. The van der Waals surface area contributed by atoms with Gasteiger partial charge in [0.15, 0.2) is 17.3 Å². The van der Waals surface area contributed by atoms with E-state index in [1.54, 1.807) is 82.4 Å². The van der Waals surface area contributed by atoms with Crippen molar-refractivity contribution in [2.24, 2.45) is 23.7 Å². The molecule has 12 atom stereocenters. The Morgan fingerprint density at radius 1 is 0.667 bits per heavy atom. The van der Waals surface area contributed by atoms with E-state index in [-0.39, 0.29) is 64.0 Å². The average Bonchev–Trinajstić information content (AvgIpc) is 0.880. The second-order valence-corrected chi connectivity index (χ2v) is 28.3. The molecule has 2 heterocycles. The zero-order valence-electron chi connectivity index (χ0n) is 58.1. The van der Waals surface area contributed by atoms with Gasteiger partial charge in [0, 0.05) is 66.5 Å². The van der Waals surface area contributed by atoms with Crippen molar-refractivity contribution in [3.05, 3.63) is 89.1 Å². The number of hydrogen-bond donors (Lipinski definition) is 17. The van der Waals surface area contributed by atoms with Crippen LogP contribution in [0.15, 0.2) is 72.9 Å². The van der Waals surface area contributed by atoms with Crippen LogP contribution in [0, 0.1) is 23.7 Å². The van der Waals surface area contributed by atoms with E-state index in [4.69, 9.17) is 11.6 Å². The highest BCUT2D eigenvalue weighted by Gasteiger charge is 2.38. The van der Waals surface area contributed by atoms with Gasteiger partial charge >= 0.3 is 0 Å². The first kappa shape index (κ1) is 86.6. The molecule has 0 radical (unpaired) electrons. The van der Waals surface area contributed by atoms with Gasteiger partial charge in [0.05, 0.1) is 30.4 Å². The monoisotopic (exact) mass is 1490 g/mol. The maximum absolute atomic E-state index is 14.9. The van der Waals surface area contributed by atoms with Gasteiger partial charge < -0.3 is 79.3 Å². The highest BCUT2D eigenvalue weighted by atomic mass is 35.5. The molecular weight excluding hydrogens is 1390 g/mol. The molecule has 36 heteroatoms. The molecule has 1 saturated heterocycles. The summed E-state index contributed by atoms with van der Waals surface area (Å²) in [5, 5.41) is 56.4. The van der Waals surface area contributed by atoms with E-state index in [2.05, 4.69) is 74.1 Å². The lowest BCUT2D eigenvalue weighted by Crippen LogP contribution is -2.60. The van der Waals surface area contributed by atoms with Crippen LogP contribution in [0.25, 0.3) is 11.3 Å². The highest BCUT2D eigenvalue weighted by Crippen LogP contribution is 2.25. The van der Waals surface area contributed by atoms with Crippen LogP contribution >= 0.6 is 11.6 Å². The Morgan fingerprint density at radius 3 is 1.85 bits per heavy atom. The second-order valence-electron chi connectivity index (χ2n) is 25.0. The van der Waals surface area contributed by atoms with Crippen molar-refractivity contribution in [1.29, 1.82) is 0 Å². The summed E-state index contributed by atoms with van der Waals surface area (Å²) in [7, 11) is -6.10. The fourth-order valence-corrected chi connectivity index (χ4v) is 12.0. The molecule has 2 aromatic carbocycles. The third-order valence-corrected chi connectivity index (χ3v) is 18.3. The number of aromatic nitrogens is 1. The highest BCUT2D eigenvalue weighted by molar-refractivity contribution is 7.85. The lowest BCUT2D eigenvalue weighted by atomic mass is 9.84. The molecule has 17 N–H and O–H groups in total. The maximum atomic E-state index is 14.9. The topological polar surface area (TPSA) is 506 Å². The first-order chi connectivity index (χ1) is 48.3. The summed E-state index contributed by atoms with van der Waals surface area (Å²) >= 11 is 6.19. The number of benzene rings is 2. The Labute approximate surface area is 599 Å². The second kappa shape index (κ2) is 44.0. The molecule has 8 amide bonds. The van der Waals surface area contributed by atoms with E-state index in [0.29, 0.717) is 34.8 Å². The van der Waals surface area contributed by atoms with Gasteiger partial charge in [-0.2, -0.15) is 16.8 Å². The van der Waals surface area contributed by atoms with E-state index in [9.17, 15) is 88.9 Å². The lowest BCUT2D eigenvalue weighted by molar-refractivity contribution is -0.137. The number of aliphatic hydroxyl groups excluding tert-OH is 2. The van der Waals surface area contributed by atoms with E-state index < -0.39 is 214 Å². The van der Waals surface area contributed by atoms with Gasteiger partial charge in [-0.25, -0.2) is 0 Å². The summed E-state index contributed by atoms with van der Waals surface area (Å²) in [4.78, 5) is 163. The number of carbonyl (C=O) groups is 11. The molecular formula is C66H99ClN14O19S2. The standard InChI is InChI=1S/C66H99ClN14O19S2/c1-7-39(3)47-34-57(86)53(29-41-13-10-9-11-14-41)79-64(92)48(19-23-68-5)77-63(91)51(22-28-74-66(94)58(40(4)83)81-65(93)50(21-26-72-38-102(98,99)100)78-62(90)49(76-61(47)89)20-25-70-8-2)75-60(88)45(35-69-6)33-56(85)54(36-82)80-59(87)44(17-24-71-37-101(95,96)97)32-55(84)43-18-27-73-52(31-43)42-15-12-16-46(67)30-42/h9-16,18,27,30-31,39-40,44-45,47-51,53-54,58,68-72,82-83H,7-8,17,19-26,28-29,32-38H2,1-6H3,(H,74,94)(H,75,88)(H,76,89)(H,77,91)(H,78,90)(H,79,92)(H,80,87)(H,81,93)(H,95,96,97)(H,98,99,100)/t39-,40+,44+,45+,47-,48-,49-,50-,51-,53+,54-,58-/m0/s1. The number of nitrogens with one attached hydrogen (secondary N) is 13. The molecule has 0 spiro atoms. The van der Waals surface area contributed by atoms with Crippen molar-refractivity contribution in [2.75, 3.05) is 78.3 Å². The lowest BCUT2D eigenvalue weighted by Gasteiger charge is -2.29. The largest absolute Gasteiger partial charge is 0.394 e. The maximum Gasteiger partial charge on any atom is 0.278 e. The number of pyridine rings is 1. The van der Waals surface area contributed by atoms with Gasteiger partial charge in [-0.05, 0) is 128 Å². The van der Waals surface area contributed by atoms with Crippen molar-refractivity contribution in [2.45, 2.75) is 140 Å². The molecule has 0 aliphatic carbocycles. The van der Waals surface area contributed by atoms with Crippen molar-refractivity contribution in [3.63, 3.8) is 0 Å². The van der Waals surface area contributed by atoms with Gasteiger partial charge in [-0.15, -0.1) is 0 Å². The Balaban J connectivity index is 1.76. The van der Waals surface area contributed by atoms with Gasteiger partial charge in [-0.3, -0.25) is 66.8 Å².